The van der Waals surface area contributed by atoms with Gasteiger partial charge in [-0.3, -0.25) is 9.59 Å². The first-order valence-electron chi connectivity index (χ1n) is 9.29. The molecule has 0 bridgehead atoms. The molecule has 142 valence electrons. The molecule has 1 rings (SSSR count). The number of aliphatic hydroxyl groups is 1. The second-order valence-electron chi connectivity index (χ2n) is 6.37. The van der Waals surface area contributed by atoms with E-state index in [2.05, 4.69) is 31.2 Å². The van der Waals surface area contributed by atoms with Crippen molar-refractivity contribution in [2.75, 3.05) is 0 Å². The normalized spacial score (nSPS) is 21.8. The van der Waals surface area contributed by atoms with Gasteiger partial charge in [-0.2, -0.15) is 0 Å². The Balaban J connectivity index is 2.41. The van der Waals surface area contributed by atoms with E-state index in [1.165, 1.54) is 0 Å². The van der Waals surface area contributed by atoms with Crippen LogP contribution >= 0.6 is 0 Å². The second kappa shape index (κ2) is 13.1. The largest absolute Gasteiger partial charge is 0.481 e. The van der Waals surface area contributed by atoms with Gasteiger partial charge in [-0.05, 0) is 44.1 Å². The van der Waals surface area contributed by atoms with Crippen LogP contribution in [0.15, 0.2) is 60.8 Å². The molecule has 1 aliphatic rings. The van der Waals surface area contributed by atoms with Gasteiger partial charge in [0.2, 0.25) is 0 Å². The van der Waals surface area contributed by atoms with Gasteiger partial charge in [0.1, 0.15) is 0 Å². The number of carbonyl (C=O) groups is 2. The summed E-state index contributed by atoms with van der Waals surface area (Å²) in [4.78, 5) is 22.4. The summed E-state index contributed by atoms with van der Waals surface area (Å²) in [5.41, 5.74) is 0. The number of ketones is 1. The minimum Gasteiger partial charge on any atom is -0.481 e. The molecule has 0 radical (unpaired) electrons. The molecule has 26 heavy (non-hydrogen) atoms. The van der Waals surface area contributed by atoms with Crippen molar-refractivity contribution in [1.29, 1.82) is 0 Å². The summed E-state index contributed by atoms with van der Waals surface area (Å²) in [6, 6.07) is 0. The molecule has 2 N–H and O–H groups in total. The molecular formula is C22H30O4. The summed E-state index contributed by atoms with van der Waals surface area (Å²) >= 11 is 0. The van der Waals surface area contributed by atoms with E-state index in [1.54, 1.807) is 30.4 Å². The van der Waals surface area contributed by atoms with E-state index in [4.69, 9.17) is 5.11 Å². The molecule has 1 aliphatic carbocycles. The van der Waals surface area contributed by atoms with Crippen LogP contribution in [0, 0.1) is 11.8 Å². The Labute approximate surface area is 156 Å². The molecule has 4 heteroatoms. The highest BCUT2D eigenvalue weighted by Crippen LogP contribution is 2.27. The Kier molecular flexibility index (Phi) is 11.0. The predicted octanol–water partition coefficient (Wildman–Crippen LogP) is 4.39. The van der Waals surface area contributed by atoms with Gasteiger partial charge in [0, 0.05) is 12.3 Å². The highest BCUT2D eigenvalue weighted by atomic mass is 16.4. The van der Waals surface area contributed by atoms with Crippen LogP contribution in [0.25, 0.3) is 0 Å². The molecule has 0 fully saturated rings. The van der Waals surface area contributed by atoms with Crippen LogP contribution in [-0.4, -0.2) is 28.1 Å². The average molecular weight is 358 g/mol. The Morgan fingerprint density at radius 1 is 1.19 bits per heavy atom. The van der Waals surface area contributed by atoms with Gasteiger partial charge in [-0.25, -0.2) is 0 Å². The zero-order valence-corrected chi connectivity index (χ0v) is 15.5. The van der Waals surface area contributed by atoms with Crippen LogP contribution in [0.5, 0.6) is 0 Å². The van der Waals surface area contributed by atoms with Crippen molar-refractivity contribution >= 4 is 11.8 Å². The molecule has 0 saturated heterocycles. The molecule has 0 aromatic carbocycles. The van der Waals surface area contributed by atoms with Crippen molar-refractivity contribution in [1.82, 2.24) is 0 Å². The van der Waals surface area contributed by atoms with Crippen LogP contribution in [0.2, 0.25) is 0 Å². The quantitative estimate of drug-likeness (QED) is 0.507. The first-order valence-corrected chi connectivity index (χ1v) is 9.29. The molecule has 0 amide bonds. The molecule has 0 heterocycles. The lowest BCUT2D eigenvalue weighted by Gasteiger charge is -2.13. The number of carboxylic acid groups (broad SMARTS) is 1. The fourth-order valence-electron chi connectivity index (χ4n) is 2.70. The van der Waals surface area contributed by atoms with Gasteiger partial charge in [0.25, 0.3) is 0 Å². The molecule has 4 nitrogen and oxygen atoms in total. The maximum Gasteiger partial charge on any atom is 0.303 e. The predicted molar refractivity (Wildman–Crippen MR) is 105 cm³/mol. The Morgan fingerprint density at radius 2 is 1.96 bits per heavy atom. The van der Waals surface area contributed by atoms with Crippen LogP contribution in [0.1, 0.15) is 45.4 Å². The number of hydrogen-bond acceptors (Lipinski definition) is 3. The summed E-state index contributed by atoms with van der Waals surface area (Å²) in [5.74, 6) is -0.821. The van der Waals surface area contributed by atoms with Crippen molar-refractivity contribution in [2.24, 2.45) is 11.8 Å². The van der Waals surface area contributed by atoms with Crippen molar-refractivity contribution in [2.45, 2.75) is 51.6 Å². The molecule has 0 spiro atoms. The number of carboxylic acids is 1. The third-order valence-corrected chi connectivity index (χ3v) is 4.16. The highest BCUT2D eigenvalue weighted by Gasteiger charge is 2.26. The van der Waals surface area contributed by atoms with Gasteiger partial charge in [-0.15, -0.1) is 0 Å². The van der Waals surface area contributed by atoms with E-state index in [1.807, 2.05) is 6.08 Å². The van der Waals surface area contributed by atoms with Gasteiger partial charge >= 0.3 is 5.97 Å². The van der Waals surface area contributed by atoms with E-state index in [0.29, 0.717) is 12.8 Å². The summed E-state index contributed by atoms with van der Waals surface area (Å²) in [6.45, 7) is 2.10. The second-order valence-corrected chi connectivity index (χ2v) is 6.37. The number of aliphatic hydroxyl groups excluding tert-OH is 1. The number of hydrogen-bond donors (Lipinski definition) is 2. The topological polar surface area (TPSA) is 74.6 Å². The van der Waals surface area contributed by atoms with Gasteiger partial charge in [0.05, 0.1) is 6.10 Å². The smallest absolute Gasteiger partial charge is 0.303 e. The number of aliphatic carboxylic acids is 1. The SMILES string of the molecule is CC/C=C\C/C=C\C[C@H]1C=CC(=O)[C@@H]1/C=C/[C@@H](O)C/C=C\CCC(=O)O. The van der Waals surface area contributed by atoms with Gasteiger partial charge in [0.15, 0.2) is 5.78 Å². The van der Waals surface area contributed by atoms with Crippen molar-refractivity contribution in [3.8, 4) is 0 Å². The summed E-state index contributed by atoms with van der Waals surface area (Å²) in [5, 5.41) is 18.5. The molecule has 0 aromatic rings. The lowest BCUT2D eigenvalue weighted by molar-refractivity contribution is -0.136. The van der Waals surface area contributed by atoms with Crippen LogP contribution in [0.3, 0.4) is 0 Å². The Hall–Kier alpha value is -2.20. The lowest BCUT2D eigenvalue weighted by Crippen LogP contribution is -2.14. The zero-order chi connectivity index (χ0) is 19.2. The molecular weight excluding hydrogens is 328 g/mol. The van der Waals surface area contributed by atoms with Crippen molar-refractivity contribution < 1.29 is 19.8 Å². The monoisotopic (exact) mass is 358 g/mol. The summed E-state index contributed by atoms with van der Waals surface area (Å²) in [7, 11) is 0. The molecule has 0 aliphatic heterocycles. The minimum atomic E-state index is -0.830. The fraction of sp³-hybridized carbons (Fsp3) is 0.455. The Morgan fingerprint density at radius 3 is 2.69 bits per heavy atom. The van der Waals surface area contributed by atoms with Gasteiger partial charge in [-0.1, -0.05) is 61.6 Å². The van der Waals surface area contributed by atoms with Crippen LogP contribution < -0.4 is 0 Å². The van der Waals surface area contributed by atoms with E-state index in [9.17, 15) is 14.7 Å². The molecule has 0 aromatic heterocycles. The minimum absolute atomic E-state index is 0.0785. The third kappa shape index (κ3) is 9.33. The molecule has 3 atom stereocenters. The summed E-state index contributed by atoms with van der Waals surface area (Å²) in [6.07, 6.45) is 22.1. The van der Waals surface area contributed by atoms with Crippen LogP contribution in [0.4, 0.5) is 0 Å². The first kappa shape index (κ1) is 21.8. The third-order valence-electron chi connectivity index (χ3n) is 4.16. The van der Waals surface area contributed by atoms with Crippen molar-refractivity contribution in [3.05, 3.63) is 60.8 Å². The first-order chi connectivity index (χ1) is 12.5. The van der Waals surface area contributed by atoms with Gasteiger partial charge < -0.3 is 10.2 Å². The fourth-order valence-corrected chi connectivity index (χ4v) is 2.70. The Bertz CT molecular complexity index is 581. The van der Waals surface area contributed by atoms with Crippen LogP contribution in [-0.2, 0) is 9.59 Å². The number of rotatable bonds is 12. The maximum absolute atomic E-state index is 12.0. The summed E-state index contributed by atoms with van der Waals surface area (Å²) < 4.78 is 0. The van der Waals surface area contributed by atoms with E-state index in [-0.39, 0.29) is 24.0 Å². The standard InChI is InChI=1S/C22H30O4/c1-2-3-4-5-6-8-11-18-14-17-21(24)20(18)16-15-19(23)12-9-7-10-13-22(25)26/h3-4,6-9,14-20,23H,2,5,10-13H2,1H3,(H,25,26)/b4-3-,8-6-,9-7-,16-15+/t18-,19-,20+/m0/s1. The van der Waals surface area contributed by atoms with E-state index in [0.717, 1.165) is 19.3 Å². The number of carbonyl (C=O) groups excluding carboxylic acids is 1. The maximum atomic E-state index is 12.0. The molecule has 0 saturated carbocycles. The highest BCUT2D eigenvalue weighted by molar-refractivity contribution is 5.95. The number of allylic oxidation sites excluding steroid dienone is 8. The van der Waals surface area contributed by atoms with Crippen molar-refractivity contribution in [3.63, 3.8) is 0 Å². The average Bonchev–Trinajstić information content (AvgIpc) is 2.95. The molecule has 0 unspecified atom stereocenters. The van der Waals surface area contributed by atoms with E-state index < -0.39 is 12.1 Å². The lowest BCUT2D eigenvalue weighted by atomic mass is 9.91. The zero-order valence-electron chi connectivity index (χ0n) is 15.5. The van der Waals surface area contributed by atoms with E-state index >= 15 is 0 Å².